The van der Waals surface area contributed by atoms with Crippen LogP contribution < -0.4 is 15.4 Å². The van der Waals surface area contributed by atoms with Crippen molar-refractivity contribution in [2.75, 3.05) is 25.0 Å². The molecule has 0 aliphatic heterocycles. The number of ether oxygens (including phenoxy) is 1. The molecule has 0 aliphatic carbocycles. The Morgan fingerprint density at radius 2 is 1.90 bits per heavy atom. The number of aromatic nitrogens is 2. The van der Waals surface area contributed by atoms with Crippen LogP contribution in [0, 0.1) is 6.92 Å². The highest BCUT2D eigenvalue weighted by atomic mass is 16.5. The lowest BCUT2D eigenvalue weighted by Crippen LogP contribution is -2.32. The lowest BCUT2D eigenvalue weighted by atomic mass is 10.3. The highest BCUT2D eigenvalue weighted by Crippen LogP contribution is 2.07. The van der Waals surface area contributed by atoms with Gasteiger partial charge in [0.25, 0.3) is 5.91 Å². The Balaban J connectivity index is 1.60. The minimum atomic E-state index is -0.157. The number of carbonyl (C=O) groups excluding carboxylic acids is 1. The van der Waals surface area contributed by atoms with Crippen molar-refractivity contribution in [2.24, 2.45) is 0 Å². The first-order valence-corrected chi connectivity index (χ1v) is 6.73. The van der Waals surface area contributed by atoms with Gasteiger partial charge in [0.1, 0.15) is 11.6 Å². The zero-order valence-electron chi connectivity index (χ0n) is 11.9. The number of aryl methyl sites for hydroxylation is 1. The van der Waals surface area contributed by atoms with Crippen LogP contribution in [0.25, 0.3) is 0 Å². The lowest BCUT2D eigenvalue weighted by molar-refractivity contribution is -0.123. The molecule has 2 N–H and O–H groups in total. The molecule has 1 aromatic carbocycles. The molecule has 6 nitrogen and oxygen atoms in total. The number of nitrogens with zero attached hydrogens (tertiary/aromatic N) is 2. The van der Waals surface area contributed by atoms with E-state index in [1.807, 2.05) is 49.4 Å². The van der Waals surface area contributed by atoms with Crippen LogP contribution in [0.3, 0.4) is 0 Å². The molecule has 0 radical (unpaired) electrons. The van der Waals surface area contributed by atoms with Gasteiger partial charge in [0, 0.05) is 13.1 Å². The molecule has 6 heteroatoms. The summed E-state index contributed by atoms with van der Waals surface area (Å²) < 4.78 is 5.34. The van der Waals surface area contributed by atoms with Crippen molar-refractivity contribution in [3.63, 3.8) is 0 Å². The summed E-state index contributed by atoms with van der Waals surface area (Å²) in [5.41, 5.74) is 0.868. The van der Waals surface area contributed by atoms with Crippen LogP contribution in [0.2, 0.25) is 0 Å². The fraction of sp³-hybridized carbons (Fsp3) is 0.267. The van der Waals surface area contributed by atoms with E-state index in [-0.39, 0.29) is 12.5 Å². The van der Waals surface area contributed by atoms with Crippen molar-refractivity contribution in [1.82, 2.24) is 15.5 Å². The third kappa shape index (κ3) is 5.48. The van der Waals surface area contributed by atoms with Crippen LogP contribution in [0.4, 0.5) is 5.82 Å². The van der Waals surface area contributed by atoms with E-state index in [9.17, 15) is 4.79 Å². The second-order valence-electron chi connectivity index (χ2n) is 4.44. The standard InChI is InChI=1S/C15H18N4O2/c1-12-7-8-14(19-18-12)16-9-10-17-15(20)11-21-13-5-3-2-4-6-13/h2-8H,9-11H2,1H3,(H,16,19)(H,17,20). The molecule has 0 aliphatic rings. The number of benzene rings is 1. The van der Waals surface area contributed by atoms with Gasteiger partial charge >= 0.3 is 0 Å². The lowest BCUT2D eigenvalue weighted by Gasteiger charge is -2.08. The Kier molecular flexibility index (Phi) is 5.51. The molecule has 0 spiro atoms. The molecular weight excluding hydrogens is 268 g/mol. The summed E-state index contributed by atoms with van der Waals surface area (Å²) in [4.78, 5) is 11.6. The number of carbonyl (C=O) groups is 1. The molecule has 1 amide bonds. The van der Waals surface area contributed by atoms with Crippen LogP contribution in [0.5, 0.6) is 5.75 Å². The van der Waals surface area contributed by atoms with Crippen LogP contribution in [0.1, 0.15) is 5.69 Å². The zero-order chi connectivity index (χ0) is 14.9. The van der Waals surface area contributed by atoms with Gasteiger partial charge in [0.2, 0.25) is 0 Å². The third-order valence-corrected chi connectivity index (χ3v) is 2.66. The van der Waals surface area contributed by atoms with E-state index in [0.717, 1.165) is 5.69 Å². The number of amides is 1. The molecule has 21 heavy (non-hydrogen) atoms. The molecular formula is C15H18N4O2. The predicted molar refractivity (Wildman–Crippen MR) is 80.2 cm³/mol. The molecule has 2 aromatic rings. The van der Waals surface area contributed by atoms with Gasteiger partial charge in [-0.1, -0.05) is 18.2 Å². The first-order valence-electron chi connectivity index (χ1n) is 6.73. The number of hydrogen-bond donors (Lipinski definition) is 2. The summed E-state index contributed by atoms with van der Waals surface area (Å²) in [5.74, 6) is 1.21. The number of anilines is 1. The minimum Gasteiger partial charge on any atom is -0.484 e. The van der Waals surface area contributed by atoms with Crippen molar-refractivity contribution >= 4 is 11.7 Å². The fourth-order valence-electron chi connectivity index (χ4n) is 1.60. The Bertz CT molecular complexity index is 558. The maximum atomic E-state index is 11.6. The maximum absolute atomic E-state index is 11.6. The van der Waals surface area contributed by atoms with Crippen molar-refractivity contribution < 1.29 is 9.53 Å². The Hall–Kier alpha value is -2.63. The quantitative estimate of drug-likeness (QED) is 0.752. The molecule has 0 unspecified atom stereocenters. The molecule has 1 aromatic heterocycles. The van der Waals surface area contributed by atoms with E-state index < -0.39 is 0 Å². The summed E-state index contributed by atoms with van der Waals surface area (Å²) in [6.45, 7) is 2.96. The number of hydrogen-bond acceptors (Lipinski definition) is 5. The number of para-hydroxylation sites is 1. The van der Waals surface area contributed by atoms with Crippen LogP contribution >= 0.6 is 0 Å². The van der Waals surface area contributed by atoms with Gasteiger partial charge in [-0.05, 0) is 31.2 Å². The topological polar surface area (TPSA) is 76.1 Å². The largest absolute Gasteiger partial charge is 0.484 e. The Labute approximate surface area is 123 Å². The highest BCUT2D eigenvalue weighted by molar-refractivity contribution is 5.77. The van der Waals surface area contributed by atoms with Crippen LogP contribution in [0.15, 0.2) is 42.5 Å². The third-order valence-electron chi connectivity index (χ3n) is 2.66. The van der Waals surface area contributed by atoms with Crippen molar-refractivity contribution in [3.8, 4) is 5.75 Å². The number of rotatable bonds is 7. The van der Waals surface area contributed by atoms with E-state index >= 15 is 0 Å². The maximum Gasteiger partial charge on any atom is 0.258 e. The average molecular weight is 286 g/mol. The van der Waals surface area contributed by atoms with Gasteiger partial charge in [0.05, 0.1) is 5.69 Å². The van der Waals surface area contributed by atoms with E-state index in [1.54, 1.807) is 0 Å². The molecule has 0 fully saturated rings. The van der Waals surface area contributed by atoms with Gasteiger partial charge in [0.15, 0.2) is 6.61 Å². The highest BCUT2D eigenvalue weighted by Gasteiger charge is 2.01. The second-order valence-corrected chi connectivity index (χ2v) is 4.44. The number of nitrogens with one attached hydrogen (secondary N) is 2. The summed E-state index contributed by atoms with van der Waals surface area (Å²) in [7, 11) is 0. The first kappa shape index (κ1) is 14.8. The second kappa shape index (κ2) is 7.84. The van der Waals surface area contributed by atoms with Crippen molar-refractivity contribution in [1.29, 1.82) is 0 Å². The Morgan fingerprint density at radius 1 is 1.10 bits per heavy atom. The summed E-state index contributed by atoms with van der Waals surface area (Å²) in [6, 6.07) is 13.0. The summed E-state index contributed by atoms with van der Waals surface area (Å²) in [6.07, 6.45) is 0. The average Bonchev–Trinajstić information content (AvgIpc) is 2.52. The van der Waals surface area contributed by atoms with Crippen LogP contribution in [-0.2, 0) is 4.79 Å². The first-order chi connectivity index (χ1) is 10.2. The van der Waals surface area contributed by atoms with E-state index in [4.69, 9.17) is 4.74 Å². The molecule has 110 valence electrons. The monoisotopic (exact) mass is 286 g/mol. The zero-order valence-corrected chi connectivity index (χ0v) is 11.9. The molecule has 0 saturated carbocycles. The van der Waals surface area contributed by atoms with Gasteiger partial charge in [-0.25, -0.2) is 0 Å². The van der Waals surface area contributed by atoms with Gasteiger partial charge < -0.3 is 15.4 Å². The van der Waals surface area contributed by atoms with E-state index in [0.29, 0.717) is 24.7 Å². The van der Waals surface area contributed by atoms with Crippen molar-refractivity contribution in [2.45, 2.75) is 6.92 Å². The predicted octanol–water partition coefficient (Wildman–Crippen LogP) is 1.39. The van der Waals surface area contributed by atoms with Gasteiger partial charge in [-0.15, -0.1) is 5.10 Å². The molecule has 2 rings (SSSR count). The van der Waals surface area contributed by atoms with E-state index in [1.165, 1.54) is 0 Å². The van der Waals surface area contributed by atoms with Crippen molar-refractivity contribution in [3.05, 3.63) is 48.2 Å². The fourth-order valence-corrected chi connectivity index (χ4v) is 1.60. The SMILES string of the molecule is Cc1ccc(NCCNC(=O)COc2ccccc2)nn1. The molecule has 0 bridgehead atoms. The normalized spacial score (nSPS) is 9.95. The van der Waals surface area contributed by atoms with Crippen LogP contribution in [-0.4, -0.2) is 35.8 Å². The smallest absolute Gasteiger partial charge is 0.258 e. The minimum absolute atomic E-state index is 0.00828. The van der Waals surface area contributed by atoms with E-state index in [2.05, 4.69) is 20.8 Å². The molecule has 0 saturated heterocycles. The summed E-state index contributed by atoms with van der Waals surface area (Å²) >= 11 is 0. The van der Waals surface area contributed by atoms with Gasteiger partial charge in [-0.3, -0.25) is 4.79 Å². The molecule has 0 atom stereocenters. The molecule has 1 heterocycles. The summed E-state index contributed by atoms with van der Waals surface area (Å²) in [5, 5.41) is 13.7. The van der Waals surface area contributed by atoms with Gasteiger partial charge in [-0.2, -0.15) is 5.10 Å². The Morgan fingerprint density at radius 3 is 2.62 bits per heavy atom.